The molecule has 1 heterocycles. The number of benzene rings is 1. The van der Waals surface area contributed by atoms with E-state index in [9.17, 15) is 4.39 Å². The van der Waals surface area contributed by atoms with Crippen LogP contribution < -0.4 is 15.5 Å². The van der Waals surface area contributed by atoms with Gasteiger partial charge in [-0.2, -0.15) is 0 Å². The van der Waals surface area contributed by atoms with E-state index >= 15 is 0 Å². The van der Waals surface area contributed by atoms with Crippen LogP contribution >= 0.6 is 24.0 Å². The predicted octanol–water partition coefficient (Wildman–Crippen LogP) is 2.88. The van der Waals surface area contributed by atoms with Crippen molar-refractivity contribution in [2.75, 3.05) is 65.1 Å². The first-order chi connectivity index (χ1) is 13.2. The topological polar surface area (TPSA) is 58.1 Å². The Morgan fingerprint density at radius 3 is 2.71 bits per heavy atom. The summed E-state index contributed by atoms with van der Waals surface area (Å²) in [5.41, 5.74) is 0.629. The van der Waals surface area contributed by atoms with Gasteiger partial charge >= 0.3 is 0 Å². The molecular formula is C20H34FIN4O2. The minimum atomic E-state index is -0.187. The van der Waals surface area contributed by atoms with Crippen LogP contribution in [-0.2, 0) is 9.47 Å². The molecule has 0 saturated carbocycles. The van der Waals surface area contributed by atoms with Gasteiger partial charge in [0, 0.05) is 52.9 Å². The van der Waals surface area contributed by atoms with Gasteiger partial charge in [-0.3, -0.25) is 4.99 Å². The Morgan fingerprint density at radius 1 is 1.29 bits per heavy atom. The summed E-state index contributed by atoms with van der Waals surface area (Å²) in [7, 11) is 3.67. The first-order valence-electron chi connectivity index (χ1n) is 9.76. The third-order valence-corrected chi connectivity index (χ3v) is 4.59. The number of nitrogens with one attached hydrogen (secondary N) is 2. The summed E-state index contributed by atoms with van der Waals surface area (Å²) in [4.78, 5) is 6.15. The van der Waals surface area contributed by atoms with Crippen LogP contribution in [0.25, 0.3) is 0 Å². The maximum atomic E-state index is 13.7. The summed E-state index contributed by atoms with van der Waals surface area (Å²) >= 11 is 0. The molecular weight excluding hydrogens is 474 g/mol. The molecule has 1 saturated heterocycles. The Morgan fingerprint density at radius 2 is 2.04 bits per heavy atom. The Hall–Kier alpha value is -1.13. The van der Waals surface area contributed by atoms with Gasteiger partial charge in [0.1, 0.15) is 5.82 Å². The fraction of sp³-hybridized carbons (Fsp3) is 0.650. The van der Waals surface area contributed by atoms with Crippen molar-refractivity contribution in [3.05, 3.63) is 30.1 Å². The molecule has 0 radical (unpaired) electrons. The SMILES string of the molecule is CN=C(NCCCOCC1CCOC1)NCCCN(C)c1ccccc1F.I. The molecule has 0 aliphatic carbocycles. The van der Waals surface area contributed by atoms with E-state index < -0.39 is 0 Å². The Kier molecular flexibility index (Phi) is 13.2. The highest BCUT2D eigenvalue weighted by molar-refractivity contribution is 14.0. The van der Waals surface area contributed by atoms with Gasteiger partial charge in [-0.1, -0.05) is 12.1 Å². The van der Waals surface area contributed by atoms with Crippen LogP contribution in [0.1, 0.15) is 19.3 Å². The fourth-order valence-corrected chi connectivity index (χ4v) is 2.97. The number of nitrogens with zero attached hydrogens (tertiary/aromatic N) is 2. The first kappa shape index (κ1) is 24.9. The van der Waals surface area contributed by atoms with Gasteiger partial charge in [0.05, 0.1) is 18.9 Å². The molecule has 2 N–H and O–H groups in total. The van der Waals surface area contributed by atoms with Crippen molar-refractivity contribution in [3.63, 3.8) is 0 Å². The van der Waals surface area contributed by atoms with Crippen molar-refractivity contribution in [2.45, 2.75) is 19.3 Å². The van der Waals surface area contributed by atoms with Crippen molar-refractivity contribution in [1.29, 1.82) is 0 Å². The second-order valence-corrected chi connectivity index (χ2v) is 6.81. The standard InChI is InChI=1S/C20H33FN4O2.HI/c1-22-20(24-11-6-13-26-15-17-9-14-27-16-17)23-10-5-12-25(2)19-8-4-3-7-18(19)21;/h3-4,7-8,17H,5-6,9-16H2,1-2H3,(H2,22,23,24);1H. The molecule has 8 heteroatoms. The number of ether oxygens (including phenoxy) is 2. The molecule has 28 heavy (non-hydrogen) atoms. The van der Waals surface area contributed by atoms with Gasteiger partial charge in [-0.15, -0.1) is 24.0 Å². The molecule has 1 aliphatic rings. The van der Waals surface area contributed by atoms with Gasteiger partial charge in [0.2, 0.25) is 0 Å². The first-order valence-corrected chi connectivity index (χ1v) is 9.76. The van der Waals surface area contributed by atoms with E-state index in [1.807, 2.05) is 18.0 Å². The lowest BCUT2D eigenvalue weighted by atomic mass is 10.1. The van der Waals surface area contributed by atoms with E-state index in [-0.39, 0.29) is 29.8 Å². The van der Waals surface area contributed by atoms with E-state index in [0.717, 1.165) is 71.3 Å². The lowest BCUT2D eigenvalue weighted by Gasteiger charge is -2.20. The van der Waals surface area contributed by atoms with E-state index in [2.05, 4.69) is 15.6 Å². The van der Waals surface area contributed by atoms with Gasteiger partial charge < -0.3 is 25.0 Å². The molecule has 0 amide bonds. The second-order valence-electron chi connectivity index (χ2n) is 6.81. The Balaban J connectivity index is 0.00000392. The lowest BCUT2D eigenvalue weighted by molar-refractivity contribution is 0.0888. The second kappa shape index (κ2) is 14.8. The largest absolute Gasteiger partial charge is 0.381 e. The lowest BCUT2D eigenvalue weighted by Crippen LogP contribution is -2.39. The Bertz CT molecular complexity index is 571. The summed E-state index contributed by atoms with van der Waals surface area (Å²) in [5, 5.41) is 6.58. The van der Waals surface area contributed by atoms with Gasteiger partial charge in [0.15, 0.2) is 5.96 Å². The van der Waals surface area contributed by atoms with Crippen molar-refractivity contribution < 1.29 is 13.9 Å². The number of aliphatic imine (C=N–C) groups is 1. The Labute approximate surface area is 185 Å². The zero-order chi connectivity index (χ0) is 19.3. The third kappa shape index (κ3) is 9.38. The normalized spacial score (nSPS) is 16.5. The molecule has 6 nitrogen and oxygen atoms in total. The summed E-state index contributed by atoms with van der Waals surface area (Å²) in [6.07, 6.45) is 2.93. The smallest absolute Gasteiger partial charge is 0.190 e. The molecule has 1 fully saturated rings. The quantitative estimate of drug-likeness (QED) is 0.209. The van der Waals surface area contributed by atoms with Crippen LogP contribution in [0.15, 0.2) is 29.3 Å². The molecule has 1 unspecified atom stereocenters. The van der Waals surface area contributed by atoms with Crippen LogP contribution in [0.4, 0.5) is 10.1 Å². The molecule has 160 valence electrons. The maximum absolute atomic E-state index is 13.7. The summed E-state index contributed by atoms with van der Waals surface area (Å²) in [5.74, 6) is 1.16. The molecule has 2 rings (SSSR count). The van der Waals surface area contributed by atoms with Gasteiger partial charge in [0.25, 0.3) is 0 Å². The molecule has 1 aliphatic heterocycles. The molecule has 1 aromatic rings. The summed E-state index contributed by atoms with van der Waals surface area (Å²) in [6.45, 7) is 5.60. The van der Waals surface area contributed by atoms with E-state index in [0.29, 0.717) is 11.6 Å². The highest BCUT2D eigenvalue weighted by atomic mass is 127. The number of rotatable bonds is 11. The minimum Gasteiger partial charge on any atom is -0.381 e. The van der Waals surface area contributed by atoms with Gasteiger partial charge in [-0.25, -0.2) is 4.39 Å². The van der Waals surface area contributed by atoms with Crippen LogP contribution in [0.2, 0.25) is 0 Å². The third-order valence-electron chi connectivity index (χ3n) is 4.59. The average molecular weight is 508 g/mol. The monoisotopic (exact) mass is 508 g/mol. The number of anilines is 1. The number of para-hydroxylation sites is 1. The molecule has 1 aromatic carbocycles. The molecule has 0 aromatic heterocycles. The number of hydrogen-bond donors (Lipinski definition) is 2. The number of hydrogen-bond acceptors (Lipinski definition) is 4. The zero-order valence-electron chi connectivity index (χ0n) is 17.0. The molecule has 1 atom stereocenters. The van der Waals surface area contributed by atoms with E-state index in [1.165, 1.54) is 6.07 Å². The van der Waals surface area contributed by atoms with Crippen LogP contribution in [-0.4, -0.2) is 66.1 Å². The van der Waals surface area contributed by atoms with Crippen molar-refractivity contribution >= 4 is 35.6 Å². The molecule has 0 bridgehead atoms. The number of halogens is 2. The summed E-state index contributed by atoms with van der Waals surface area (Å²) in [6, 6.07) is 6.84. The van der Waals surface area contributed by atoms with E-state index in [4.69, 9.17) is 9.47 Å². The fourth-order valence-electron chi connectivity index (χ4n) is 2.97. The van der Waals surface area contributed by atoms with E-state index in [1.54, 1.807) is 19.2 Å². The highest BCUT2D eigenvalue weighted by Gasteiger charge is 2.15. The van der Waals surface area contributed by atoms with Crippen molar-refractivity contribution in [2.24, 2.45) is 10.9 Å². The van der Waals surface area contributed by atoms with Crippen LogP contribution in [0.3, 0.4) is 0 Å². The predicted molar refractivity (Wildman–Crippen MR) is 123 cm³/mol. The summed E-state index contributed by atoms with van der Waals surface area (Å²) < 4.78 is 24.8. The highest BCUT2D eigenvalue weighted by Crippen LogP contribution is 2.16. The van der Waals surface area contributed by atoms with Crippen LogP contribution in [0, 0.1) is 11.7 Å². The van der Waals surface area contributed by atoms with Gasteiger partial charge in [-0.05, 0) is 31.4 Å². The minimum absolute atomic E-state index is 0. The zero-order valence-corrected chi connectivity index (χ0v) is 19.3. The van der Waals surface area contributed by atoms with Crippen LogP contribution in [0.5, 0.6) is 0 Å². The number of guanidine groups is 1. The maximum Gasteiger partial charge on any atom is 0.190 e. The van der Waals surface area contributed by atoms with Crippen molar-refractivity contribution in [1.82, 2.24) is 10.6 Å². The molecule has 0 spiro atoms. The average Bonchev–Trinajstić information content (AvgIpc) is 3.19. The van der Waals surface area contributed by atoms with Crippen molar-refractivity contribution in [3.8, 4) is 0 Å².